The molecule has 2 fully saturated rings. The molecule has 6 rings (SSSR count). The molecule has 52 heavy (non-hydrogen) atoms. The van der Waals surface area contributed by atoms with Crippen molar-refractivity contribution in [2.75, 3.05) is 39.0 Å². The van der Waals surface area contributed by atoms with Gasteiger partial charge in [-0.05, 0) is 69.5 Å². The first-order valence-electron chi connectivity index (χ1n) is 17.7. The van der Waals surface area contributed by atoms with Crippen molar-refractivity contribution in [3.63, 3.8) is 0 Å². The number of carbonyl (C=O) groups is 1. The number of amides is 1. The molecule has 1 atom stereocenters. The van der Waals surface area contributed by atoms with E-state index in [9.17, 15) is 30.8 Å². The number of ether oxygens (including phenoxy) is 1. The Morgan fingerprint density at radius 1 is 0.981 bits per heavy atom. The molecule has 0 saturated carbocycles. The Morgan fingerprint density at radius 2 is 1.67 bits per heavy atom. The van der Waals surface area contributed by atoms with Crippen molar-refractivity contribution < 1.29 is 35.5 Å². The molecule has 1 aromatic heterocycles. The van der Waals surface area contributed by atoms with E-state index >= 15 is 0 Å². The van der Waals surface area contributed by atoms with E-state index in [0.717, 1.165) is 30.5 Å². The molecule has 1 amide bonds. The lowest BCUT2D eigenvalue weighted by atomic mass is 9.93. The van der Waals surface area contributed by atoms with Crippen molar-refractivity contribution in [1.82, 2.24) is 20.1 Å². The number of hydrogen-bond acceptors (Lipinski definition) is 7. The van der Waals surface area contributed by atoms with Crippen molar-refractivity contribution >= 4 is 26.6 Å². The van der Waals surface area contributed by atoms with Crippen LogP contribution in [0.2, 0.25) is 0 Å². The minimum atomic E-state index is -4.62. The fraction of sp³-hybridized carbons (Fsp3) is 0.436. The number of aromatic nitrogens is 1. The highest BCUT2D eigenvalue weighted by Crippen LogP contribution is 2.39. The Hall–Kier alpha value is -4.07. The quantitative estimate of drug-likeness (QED) is 0.168. The number of nitrogens with one attached hydrogen (secondary N) is 1. The summed E-state index contributed by atoms with van der Waals surface area (Å²) in [5, 5.41) is 3.32. The van der Waals surface area contributed by atoms with Gasteiger partial charge in [-0.1, -0.05) is 49.4 Å². The largest absolute Gasteiger partial charge is 0.495 e. The average molecular weight is 741 g/mol. The molecule has 0 spiro atoms. The van der Waals surface area contributed by atoms with Crippen LogP contribution < -0.4 is 10.1 Å². The van der Waals surface area contributed by atoms with Crippen molar-refractivity contribution in [2.45, 2.75) is 75.4 Å². The van der Waals surface area contributed by atoms with Crippen LogP contribution in [0, 0.1) is 0 Å². The number of fused-ring (bicyclic) bond motifs is 1. The van der Waals surface area contributed by atoms with Crippen LogP contribution >= 0.6 is 0 Å². The van der Waals surface area contributed by atoms with Crippen LogP contribution in [0.5, 0.6) is 5.75 Å². The van der Waals surface area contributed by atoms with Crippen molar-refractivity contribution in [2.24, 2.45) is 0 Å². The first-order valence-corrected chi connectivity index (χ1v) is 19.4. The Bertz CT molecular complexity index is 2010. The zero-order valence-electron chi connectivity index (χ0n) is 29.5. The number of likely N-dealkylation sites (tertiary alicyclic amines) is 2. The zero-order valence-corrected chi connectivity index (χ0v) is 30.4. The zero-order chi connectivity index (χ0) is 37.2. The van der Waals surface area contributed by atoms with Crippen molar-refractivity contribution in [3.8, 4) is 17.0 Å². The molecular weight excluding hydrogens is 697 g/mol. The van der Waals surface area contributed by atoms with Gasteiger partial charge in [0.25, 0.3) is 5.91 Å². The second-order valence-electron chi connectivity index (χ2n) is 13.6. The van der Waals surface area contributed by atoms with Gasteiger partial charge in [0, 0.05) is 48.3 Å². The maximum absolute atomic E-state index is 14.6. The van der Waals surface area contributed by atoms with Crippen LogP contribution in [0.1, 0.15) is 72.6 Å². The molecule has 1 N–H and O–H groups in total. The lowest BCUT2D eigenvalue weighted by Gasteiger charge is -2.41. The number of alkyl halides is 4. The average Bonchev–Trinajstić information content (AvgIpc) is 3.14. The third-order valence-corrected chi connectivity index (χ3v) is 12.1. The van der Waals surface area contributed by atoms with E-state index in [1.54, 1.807) is 0 Å². The topological polar surface area (TPSA) is 91.8 Å². The van der Waals surface area contributed by atoms with Crippen LogP contribution in [-0.2, 0) is 22.6 Å². The number of benzene rings is 3. The number of hydrogen-bond donors (Lipinski definition) is 1. The van der Waals surface area contributed by atoms with Crippen LogP contribution in [-0.4, -0.2) is 80.4 Å². The van der Waals surface area contributed by atoms with E-state index in [1.807, 2.05) is 37.3 Å². The molecule has 4 aromatic rings. The number of nitrogens with zero attached hydrogens (tertiary/aromatic N) is 3. The summed E-state index contributed by atoms with van der Waals surface area (Å²) < 4.78 is 88.1. The van der Waals surface area contributed by atoms with Gasteiger partial charge in [-0.15, -0.1) is 0 Å². The molecular formula is C39H44F4N4O4S. The van der Waals surface area contributed by atoms with E-state index in [4.69, 9.17) is 9.72 Å². The van der Waals surface area contributed by atoms with Gasteiger partial charge < -0.3 is 15.0 Å². The molecule has 8 nitrogen and oxygen atoms in total. The highest BCUT2D eigenvalue weighted by molar-refractivity contribution is 7.91. The molecule has 2 aliphatic heterocycles. The number of rotatable bonds is 10. The summed E-state index contributed by atoms with van der Waals surface area (Å²) in [6.45, 7) is 6.21. The van der Waals surface area contributed by atoms with Crippen LogP contribution in [0.3, 0.4) is 0 Å². The Kier molecular flexibility index (Phi) is 11.2. The number of sulfone groups is 1. The van der Waals surface area contributed by atoms with Crippen molar-refractivity contribution in [3.05, 3.63) is 89.0 Å². The highest BCUT2D eigenvalue weighted by Gasteiger charge is 2.33. The normalized spacial score (nSPS) is 17.7. The molecule has 0 aliphatic carbocycles. The predicted octanol–water partition coefficient (Wildman–Crippen LogP) is 7.61. The van der Waals surface area contributed by atoms with E-state index in [0.29, 0.717) is 44.6 Å². The van der Waals surface area contributed by atoms with Gasteiger partial charge in [0.15, 0.2) is 9.84 Å². The van der Waals surface area contributed by atoms with Gasteiger partial charge in [0.1, 0.15) is 16.8 Å². The molecule has 3 heterocycles. The summed E-state index contributed by atoms with van der Waals surface area (Å²) in [6.07, 6.45) is -2.75. The number of methoxy groups -OCH3 is 1. The molecule has 13 heteroatoms. The molecule has 278 valence electrons. The fourth-order valence-electron chi connectivity index (χ4n) is 7.36. The third-order valence-electron chi connectivity index (χ3n) is 10.3. The van der Waals surface area contributed by atoms with E-state index < -0.39 is 39.7 Å². The first-order chi connectivity index (χ1) is 24.8. The van der Waals surface area contributed by atoms with Gasteiger partial charge in [-0.3, -0.25) is 9.69 Å². The van der Waals surface area contributed by atoms with Crippen LogP contribution in [0.25, 0.3) is 22.2 Å². The van der Waals surface area contributed by atoms with Crippen LogP contribution in [0.4, 0.5) is 17.6 Å². The molecule has 2 aliphatic rings. The monoisotopic (exact) mass is 740 g/mol. The lowest BCUT2D eigenvalue weighted by Crippen LogP contribution is -2.48. The lowest BCUT2D eigenvalue weighted by molar-refractivity contribution is -0.137. The standard InChI is InChI=1S/C39H44F4N4O4S/c1-4-52(49,50)35-22-31-33(23-34(35)51-3)45-37(27-11-8-12-28(21-27)39(41,42)43)32(36(31)38(48)44-25(2)26-9-6-5-7-10-26)24-46-17-15-30(16-18-46)47-19-13-29(40)14-20-47/h5-12,21-23,25,29-30H,4,13-20,24H2,1-3H3,(H,44,48)/t25-/m0/s1. The summed E-state index contributed by atoms with van der Waals surface area (Å²) in [5.74, 6) is -0.712. The smallest absolute Gasteiger partial charge is 0.416 e. The van der Waals surface area contributed by atoms with E-state index in [2.05, 4.69) is 15.1 Å². The van der Waals surface area contributed by atoms with Gasteiger partial charge in [0.05, 0.1) is 41.2 Å². The number of piperidine rings is 2. The van der Waals surface area contributed by atoms with Crippen LogP contribution in [0.15, 0.2) is 71.6 Å². The summed E-state index contributed by atoms with van der Waals surface area (Å²) in [6, 6.07) is 16.9. The SMILES string of the molecule is CCS(=O)(=O)c1cc2c(C(=O)N[C@@H](C)c3ccccc3)c(CN3CCC(N4CCC(F)CC4)CC3)c(-c3cccc(C(F)(F)F)c3)nc2cc1OC. The highest BCUT2D eigenvalue weighted by atomic mass is 32.2. The maximum atomic E-state index is 14.6. The van der Waals surface area contributed by atoms with E-state index in [1.165, 1.54) is 38.3 Å². The molecule has 3 aromatic carbocycles. The minimum absolute atomic E-state index is 0.0208. The fourth-order valence-corrected chi connectivity index (χ4v) is 8.41. The third kappa shape index (κ3) is 8.11. The summed E-state index contributed by atoms with van der Waals surface area (Å²) in [5.41, 5.74) is 1.08. The van der Waals surface area contributed by atoms with Gasteiger partial charge in [-0.2, -0.15) is 13.2 Å². The molecule has 0 radical (unpaired) electrons. The summed E-state index contributed by atoms with van der Waals surface area (Å²) >= 11 is 0. The molecule has 0 unspecified atom stereocenters. The van der Waals surface area contributed by atoms with E-state index in [-0.39, 0.29) is 56.7 Å². The first kappa shape index (κ1) is 37.7. The molecule has 0 bridgehead atoms. The second-order valence-corrected chi connectivity index (χ2v) is 15.9. The Labute approximate surface area is 302 Å². The van der Waals surface area contributed by atoms with Gasteiger partial charge >= 0.3 is 6.18 Å². The molecule has 2 saturated heterocycles. The predicted molar refractivity (Wildman–Crippen MR) is 193 cm³/mol. The number of pyridine rings is 1. The second kappa shape index (κ2) is 15.5. The number of halogens is 4. The summed E-state index contributed by atoms with van der Waals surface area (Å²) in [7, 11) is -2.50. The van der Waals surface area contributed by atoms with Gasteiger partial charge in [-0.25, -0.2) is 17.8 Å². The number of carbonyl (C=O) groups excluding carboxylic acids is 1. The Morgan fingerprint density at radius 3 is 2.31 bits per heavy atom. The van der Waals surface area contributed by atoms with Crippen molar-refractivity contribution in [1.29, 1.82) is 0 Å². The Balaban J connectivity index is 1.52. The van der Waals surface area contributed by atoms with Gasteiger partial charge in [0.2, 0.25) is 0 Å². The minimum Gasteiger partial charge on any atom is -0.495 e. The maximum Gasteiger partial charge on any atom is 0.416 e. The summed E-state index contributed by atoms with van der Waals surface area (Å²) in [4.78, 5) is 23.9.